The lowest BCUT2D eigenvalue weighted by Crippen LogP contribution is -2.29. The number of rotatable bonds is 6. The average Bonchev–Trinajstić information content (AvgIpc) is 3.10. The van der Waals surface area contributed by atoms with Crippen LogP contribution in [-0.4, -0.2) is 40.9 Å². The summed E-state index contributed by atoms with van der Waals surface area (Å²) in [5.74, 6) is -1.67. The maximum Gasteiger partial charge on any atom is 0.295 e. The molecule has 3 aromatic rings. The molecular formula is C25H21FN2O5. The number of ether oxygens (including phenoxy) is 2. The number of carbonyl (C=O) groups is 2. The molecule has 1 unspecified atom stereocenters. The Labute approximate surface area is 189 Å². The SMILES string of the molecule is COc1ccc(OC)c(/C(O)=C2\C(=O)C(=O)N(Cc3ccc(F)cc3)C2c2cccnc2)c1. The van der Waals surface area contributed by atoms with Crippen molar-refractivity contribution in [2.45, 2.75) is 12.6 Å². The van der Waals surface area contributed by atoms with Crippen molar-refractivity contribution < 1.29 is 28.6 Å². The smallest absolute Gasteiger partial charge is 0.295 e. The molecule has 33 heavy (non-hydrogen) atoms. The van der Waals surface area contributed by atoms with Gasteiger partial charge < -0.3 is 19.5 Å². The van der Waals surface area contributed by atoms with Gasteiger partial charge in [-0.1, -0.05) is 18.2 Å². The number of hydrogen-bond acceptors (Lipinski definition) is 6. The molecule has 0 saturated carbocycles. The zero-order valence-corrected chi connectivity index (χ0v) is 18.0. The lowest BCUT2D eigenvalue weighted by Gasteiger charge is -2.25. The van der Waals surface area contributed by atoms with Crippen molar-refractivity contribution in [1.82, 2.24) is 9.88 Å². The maximum absolute atomic E-state index is 13.4. The molecule has 0 bridgehead atoms. The van der Waals surface area contributed by atoms with Crippen molar-refractivity contribution in [2.75, 3.05) is 14.2 Å². The Morgan fingerprint density at radius 1 is 1.09 bits per heavy atom. The molecule has 1 fully saturated rings. The highest BCUT2D eigenvalue weighted by molar-refractivity contribution is 6.46. The number of Topliss-reactive ketones (excluding diaryl/α,β-unsaturated/α-hetero) is 1. The van der Waals surface area contributed by atoms with Crippen molar-refractivity contribution >= 4 is 17.4 Å². The zero-order chi connectivity index (χ0) is 23.5. The largest absolute Gasteiger partial charge is 0.507 e. The van der Waals surface area contributed by atoms with Crippen LogP contribution in [0.1, 0.15) is 22.7 Å². The van der Waals surface area contributed by atoms with Crippen molar-refractivity contribution in [3.63, 3.8) is 0 Å². The van der Waals surface area contributed by atoms with Gasteiger partial charge in [-0.25, -0.2) is 4.39 Å². The summed E-state index contributed by atoms with van der Waals surface area (Å²) >= 11 is 0. The first-order valence-electron chi connectivity index (χ1n) is 10.1. The summed E-state index contributed by atoms with van der Waals surface area (Å²) in [5, 5.41) is 11.3. The second kappa shape index (κ2) is 9.12. The summed E-state index contributed by atoms with van der Waals surface area (Å²) in [6.45, 7) is 0.0381. The third kappa shape index (κ3) is 4.15. The Bertz CT molecular complexity index is 1230. The molecule has 1 amide bonds. The van der Waals surface area contributed by atoms with Crippen molar-refractivity contribution in [3.8, 4) is 11.5 Å². The molecule has 168 valence electrons. The van der Waals surface area contributed by atoms with Crippen molar-refractivity contribution in [3.05, 3.63) is 95.1 Å². The van der Waals surface area contributed by atoms with Crippen LogP contribution >= 0.6 is 0 Å². The van der Waals surface area contributed by atoms with E-state index in [1.807, 2.05) is 0 Å². The number of likely N-dealkylation sites (tertiary alicyclic amines) is 1. The Kier molecular flexibility index (Phi) is 6.08. The number of methoxy groups -OCH3 is 2. The van der Waals surface area contributed by atoms with Crippen molar-refractivity contribution in [1.29, 1.82) is 0 Å². The molecule has 1 aromatic heterocycles. The number of ketones is 1. The van der Waals surface area contributed by atoms with E-state index in [0.717, 1.165) is 0 Å². The van der Waals surface area contributed by atoms with E-state index in [1.54, 1.807) is 42.6 Å². The number of aliphatic hydroxyl groups is 1. The molecule has 0 aliphatic carbocycles. The fraction of sp³-hybridized carbons (Fsp3) is 0.160. The van der Waals surface area contributed by atoms with Crippen LogP contribution in [-0.2, 0) is 16.1 Å². The third-order valence-corrected chi connectivity index (χ3v) is 5.47. The van der Waals surface area contributed by atoms with E-state index in [9.17, 15) is 19.1 Å². The van der Waals surface area contributed by atoms with E-state index in [-0.39, 0.29) is 23.4 Å². The average molecular weight is 448 g/mol. The summed E-state index contributed by atoms with van der Waals surface area (Å²) in [4.78, 5) is 31.7. The molecule has 0 spiro atoms. The first-order valence-corrected chi connectivity index (χ1v) is 10.1. The molecule has 2 aromatic carbocycles. The maximum atomic E-state index is 13.4. The Hall–Kier alpha value is -4.20. The number of benzene rings is 2. The van der Waals surface area contributed by atoms with Crippen LogP contribution in [0.15, 0.2) is 72.6 Å². The summed E-state index contributed by atoms with van der Waals surface area (Å²) in [5.41, 5.74) is 1.29. The summed E-state index contributed by atoms with van der Waals surface area (Å²) < 4.78 is 24.0. The van der Waals surface area contributed by atoms with Crippen molar-refractivity contribution in [2.24, 2.45) is 0 Å². The molecule has 4 rings (SSSR count). The van der Waals surface area contributed by atoms with Gasteiger partial charge in [0.15, 0.2) is 0 Å². The Balaban J connectivity index is 1.88. The number of hydrogen-bond donors (Lipinski definition) is 1. The van der Waals surface area contributed by atoms with Crippen LogP contribution in [0.2, 0.25) is 0 Å². The van der Waals surface area contributed by atoms with Gasteiger partial charge in [0.2, 0.25) is 0 Å². The second-order valence-corrected chi connectivity index (χ2v) is 7.41. The number of halogens is 1. The number of pyridine rings is 1. The molecular weight excluding hydrogens is 427 g/mol. The van der Waals surface area contributed by atoms with E-state index in [4.69, 9.17) is 9.47 Å². The van der Waals surface area contributed by atoms with Crippen LogP contribution < -0.4 is 9.47 Å². The number of aliphatic hydroxyl groups excluding tert-OH is 1. The van der Waals surface area contributed by atoms with Gasteiger partial charge in [0.25, 0.3) is 11.7 Å². The van der Waals surface area contributed by atoms with Crippen LogP contribution in [0.4, 0.5) is 4.39 Å². The first-order chi connectivity index (χ1) is 15.9. The standard InChI is InChI=1S/C25H21FN2O5/c1-32-18-9-10-20(33-2)19(12-18)23(29)21-22(16-4-3-11-27-13-16)28(25(31)24(21)30)14-15-5-7-17(26)8-6-15/h3-13,22,29H,14H2,1-2H3/b23-21+. The van der Waals surface area contributed by atoms with Gasteiger partial charge in [-0.15, -0.1) is 0 Å². The van der Waals surface area contributed by atoms with Crippen LogP contribution in [0.5, 0.6) is 11.5 Å². The normalized spacial score (nSPS) is 17.3. The summed E-state index contributed by atoms with van der Waals surface area (Å²) in [6, 6.07) is 12.9. The Morgan fingerprint density at radius 3 is 2.48 bits per heavy atom. The van der Waals surface area contributed by atoms with Gasteiger partial charge in [0, 0.05) is 18.9 Å². The molecule has 2 heterocycles. The predicted octanol–water partition coefficient (Wildman–Crippen LogP) is 3.86. The molecule has 1 aliphatic rings. The van der Waals surface area contributed by atoms with E-state index >= 15 is 0 Å². The fourth-order valence-electron chi connectivity index (χ4n) is 3.86. The minimum absolute atomic E-state index is 0.0381. The molecule has 7 nitrogen and oxygen atoms in total. The van der Waals surface area contributed by atoms with Gasteiger partial charge in [-0.3, -0.25) is 14.6 Å². The highest BCUT2D eigenvalue weighted by Crippen LogP contribution is 2.42. The first kappa shape index (κ1) is 22.0. The zero-order valence-electron chi connectivity index (χ0n) is 18.0. The van der Waals surface area contributed by atoms with Gasteiger partial charge in [-0.2, -0.15) is 0 Å². The molecule has 1 atom stereocenters. The molecule has 1 N–H and O–H groups in total. The predicted molar refractivity (Wildman–Crippen MR) is 118 cm³/mol. The summed E-state index contributed by atoms with van der Waals surface area (Å²) in [6.07, 6.45) is 3.10. The fourth-order valence-corrected chi connectivity index (χ4v) is 3.86. The number of amides is 1. The van der Waals surface area contributed by atoms with Gasteiger partial charge in [0.1, 0.15) is 23.1 Å². The van der Waals surface area contributed by atoms with Crippen LogP contribution in [0.3, 0.4) is 0 Å². The molecule has 0 radical (unpaired) electrons. The molecule has 8 heteroatoms. The third-order valence-electron chi connectivity index (χ3n) is 5.47. The second-order valence-electron chi connectivity index (χ2n) is 7.41. The summed E-state index contributed by atoms with van der Waals surface area (Å²) in [7, 11) is 2.91. The van der Waals surface area contributed by atoms with Gasteiger partial charge in [-0.05, 0) is 47.5 Å². The minimum atomic E-state index is -0.903. The van der Waals surface area contributed by atoms with E-state index in [2.05, 4.69) is 4.98 Å². The van der Waals surface area contributed by atoms with Crippen LogP contribution in [0, 0.1) is 5.82 Å². The highest BCUT2D eigenvalue weighted by Gasteiger charge is 2.46. The molecule has 1 saturated heterocycles. The Morgan fingerprint density at radius 2 is 1.85 bits per heavy atom. The number of aromatic nitrogens is 1. The quantitative estimate of drug-likeness (QED) is 0.350. The lowest BCUT2D eigenvalue weighted by atomic mass is 9.95. The topological polar surface area (TPSA) is 89.0 Å². The lowest BCUT2D eigenvalue weighted by molar-refractivity contribution is -0.140. The minimum Gasteiger partial charge on any atom is -0.507 e. The molecule has 1 aliphatic heterocycles. The monoisotopic (exact) mass is 448 g/mol. The van der Waals surface area contributed by atoms with Crippen LogP contribution in [0.25, 0.3) is 5.76 Å². The van der Waals surface area contributed by atoms with Gasteiger partial charge in [0.05, 0.1) is 31.4 Å². The van der Waals surface area contributed by atoms with E-state index in [1.165, 1.54) is 43.5 Å². The highest BCUT2D eigenvalue weighted by atomic mass is 19.1. The van der Waals surface area contributed by atoms with E-state index in [0.29, 0.717) is 22.6 Å². The number of carbonyl (C=O) groups excluding carboxylic acids is 2. The number of nitrogens with zero attached hydrogens (tertiary/aromatic N) is 2. The van der Waals surface area contributed by atoms with Gasteiger partial charge >= 0.3 is 0 Å². The van der Waals surface area contributed by atoms with E-state index < -0.39 is 23.5 Å².